The predicted molar refractivity (Wildman–Crippen MR) is 92.8 cm³/mol. The van der Waals surface area contributed by atoms with Gasteiger partial charge >= 0.3 is 0 Å². The summed E-state index contributed by atoms with van der Waals surface area (Å²) >= 11 is 0. The Bertz CT molecular complexity index is 774. The summed E-state index contributed by atoms with van der Waals surface area (Å²) in [6, 6.07) is 13.1. The maximum absolute atomic E-state index is 12.1. The Morgan fingerprint density at radius 3 is 2.50 bits per heavy atom. The van der Waals surface area contributed by atoms with Gasteiger partial charge in [-0.05, 0) is 34.7 Å². The molecule has 5 nitrogen and oxygen atoms in total. The second kappa shape index (κ2) is 6.35. The van der Waals surface area contributed by atoms with Crippen molar-refractivity contribution in [1.29, 1.82) is 0 Å². The van der Waals surface area contributed by atoms with Gasteiger partial charge in [-0.15, -0.1) is 0 Å². The molecule has 124 valence electrons. The topological polar surface area (TPSA) is 59.9 Å². The van der Waals surface area contributed by atoms with E-state index in [2.05, 4.69) is 43.4 Å². The van der Waals surface area contributed by atoms with E-state index >= 15 is 0 Å². The van der Waals surface area contributed by atoms with E-state index in [-0.39, 0.29) is 18.1 Å². The van der Waals surface area contributed by atoms with Crippen LogP contribution in [-0.4, -0.2) is 18.9 Å². The van der Waals surface area contributed by atoms with Crippen LogP contribution in [0.5, 0.6) is 11.5 Å². The van der Waals surface area contributed by atoms with E-state index in [9.17, 15) is 4.79 Å². The number of hydrogen-bond donors (Lipinski definition) is 1. The first kappa shape index (κ1) is 16.1. The van der Waals surface area contributed by atoms with E-state index in [0.29, 0.717) is 17.1 Å². The number of nitrogens with one attached hydrogen (secondary N) is 1. The Morgan fingerprint density at radius 1 is 1.08 bits per heavy atom. The van der Waals surface area contributed by atoms with Crippen LogP contribution >= 0.6 is 0 Å². The number of amides is 1. The van der Waals surface area contributed by atoms with Gasteiger partial charge < -0.3 is 9.47 Å². The number of benzene rings is 2. The lowest BCUT2D eigenvalue weighted by atomic mass is 9.87. The third-order valence-corrected chi connectivity index (χ3v) is 3.79. The molecule has 0 saturated carbocycles. The Kier molecular flexibility index (Phi) is 4.25. The van der Waals surface area contributed by atoms with Crippen LogP contribution in [0.4, 0.5) is 0 Å². The van der Waals surface area contributed by atoms with E-state index in [4.69, 9.17) is 9.47 Å². The highest BCUT2D eigenvalue weighted by atomic mass is 16.7. The number of fused-ring (bicyclic) bond motifs is 1. The van der Waals surface area contributed by atoms with Crippen molar-refractivity contribution >= 4 is 12.1 Å². The molecule has 1 N–H and O–H groups in total. The van der Waals surface area contributed by atoms with Crippen molar-refractivity contribution in [3.05, 3.63) is 59.2 Å². The molecule has 1 amide bonds. The second-order valence-corrected chi connectivity index (χ2v) is 6.64. The van der Waals surface area contributed by atoms with Crippen LogP contribution in [0, 0.1) is 0 Å². The van der Waals surface area contributed by atoms with Gasteiger partial charge in [-0.25, -0.2) is 5.43 Å². The van der Waals surface area contributed by atoms with Gasteiger partial charge in [0.2, 0.25) is 6.79 Å². The molecule has 24 heavy (non-hydrogen) atoms. The number of hydrogen-bond acceptors (Lipinski definition) is 4. The number of hydrazone groups is 1. The van der Waals surface area contributed by atoms with Crippen molar-refractivity contribution in [2.45, 2.75) is 26.2 Å². The summed E-state index contributed by atoms with van der Waals surface area (Å²) in [6.45, 7) is 6.69. The zero-order valence-corrected chi connectivity index (χ0v) is 14.0. The minimum absolute atomic E-state index is 0.114. The van der Waals surface area contributed by atoms with Crippen molar-refractivity contribution < 1.29 is 14.3 Å². The highest BCUT2D eigenvalue weighted by Gasteiger charge is 2.16. The van der Waals surface area contributed by atoms with Gasteiger partial charge in [0, 0.05) is 5.56 Å². The monoisotopic (exact) mass is 324 g/mol. The molecule has 2 aromatic carbocycles. The van der Waals surface area contributed by atoms with Crippen LogP contribution in [0.2, 0.25) is 0 Å². The largest absolute Gasteiger partial charge is 0.454 e. The van der Waals surface area contributed by atoms with Crippen molar-refractivity contribution in [1.82, 2.24) is 5.43 Å². The third kappa shape index (κ3) is 3.56. The maximum atomic E-state index is 12.1. The average molecular weight is 324 g/mol. The Morgan fingerprint density at radius 2 is 1.79 bits per heavy atom. The molecular weight excluding hydrogens is 304 g/mol. The van der Waals surface area contributed by atoms with E-state index in [1.807, 2.05) is 12.1 Å². The fraction of sp³-hybridized carbons (Fsp3) is 0.263. The molecule has 2 aromatic rings. The minimum atomic E-state index is -0.295. The quantitative estimate of drug-likeness (QED) is 0.694. The van der Waals surface area contributed by atoms with Gasteiger partial charge in [0.05, 0.1) is 6.21 Å². The van der Waals surface area contributed by atoms with E-state index in [0.717, 1.165) is 5.56 Å². The first-order valence-corrected chi connectivity index (χ1v) is 7.77. The summed E-state index contributed by atoms with van der Waals surface area (Å²) in [7, 11) is 0. The van der Waals surface area contributed by atoms with Gasteiger partial charge in [-0.2, -0.15) is 5.10 Å². The lowest BCUT2D eigenvalue weighted by molar-refractivity contribution is 0.0954. The first-order chi connectivity index (χ1) is 11.4. The second-order valence-electron chi connectivity index (χ2n) is 6.64. The lowest BCUT2D eigenvalue weighted by Crippen LogP contribution is -2.17. The van der Waals surface area contributed by atoms with Crippen LogP contribution in [0.1, 0.15) is 42.3 Å². The molecule has 0 aliphatic carbocycles. The maximum Gasteiger partial charge on any atom is 0.271 e. The third-order valence-electron chi connectivity index (χ3n) is 3.79. The summed E-state index contributed by atoms with van der Waals surface area (Å²) in [5.74, 6) is 0.925. The van der Waals surface area contributed by atoms with Crippen LogP contribution in [0.3, 0.4) is 0 Å². The molecule has 0 unspecified atom stereocenters. The minimum Gasteiger partial charge on any atom is -0.454 e. The fourth-order valence-electron chi connectivity index (χ4n) is 2.34. The van der Waals surface area contributed by atoms with Gasteiger partial charge in [0.25, 0.3) is 5.91 Å². The summed E-state index contributed by atoms with van der Waals surface area (Å²) < 4.78 is 10.5. The van der Waals surface area contributed by atoms with Crippen molar-refractivity contribution in [3.63, 3.8) is 0 Å². The molecule has 0 radical (unpaired) electrons. The van der Waals surface area contributed by atoms with Gasteiger partial charge in [0.1, 0.15) is 0 Å². The summed E-state index contributed by atoms with van der Waals surface area (Å²) in [5, 5.41) is 4.01. The van der Waals surface area contributed by atoms with Gasteiger partial charge in [0.15, 0.2) is 11.5 Å². The molecule has 0 bridgehead atoms. The average Bonchev–Trinajstić information content (AvgIpc) is 3.02. The summed E-state index contributed by atoms with van der Waals surface area (Å²) in [6.07, 6.45) is 1.62. The molecule has 5 heteroatoms. The molecule has 1 aliphatic rings. The number of carbonyl (C=O) groups is 1. The number of ether oxygens (including phenoxy) is 2. The van der Waals surface area contributed by atoms with Gasteiger partial charge in [-0.3, -0.25) is 4.79 Å². The van der Waals surface area contributed by atoms with E-state index in [1.165, 1.54) is 5.56 Å². The zero-order valence-electron chi connectivity index (χ0n) is 14.0. The SMILES string of the molecule is CC(C)(C)c1ccc(/C=N\NC(=O)c2ccc3c(c2)OCO3)cc1. The first-order valence-electron chi connectivity index (χ1n) is 7.77. The number of nitrogens with zero attached hydrogens (tertiary/aromatic N) is 1. The molecule has 0 fully saturated rings. The molecule has 0 atom stereocenters. The molecule has 0 spiro atoms. The van der Waals surface area contributed by atoms with Crippen LogP contribution in [0.25, 0.3) is 0 Å². The Balaban J connectivity index is 1.62. The number of carbonyl (C=O) groups excluding carboxylic acids is 1. The normalized spacial score (nSPS) is 13.3. The number of rotatable bonds is 3. The summed E-state index contributed by atoms with van der Waals surface area (Å²) in [5.41, 5.74) is 5.28. The van der Waals surface area contributed by atoms with Crippen molar-refractivity contribution in [2.24, 2.45) is 5.10 Å². The van der Waals surface area contributed by atoms with Crippen molar-refractivity contribution in [2.75, 3.05) is 6.79 Å². The lowest BCUT2D eigenvalue weighted by Gasteiger charge is -2.18. The molecule has 1 heterocycles. The molecule has 1 aliphatic heterocycles. The highest BCUT2D eigenvalue weighted by Crippen LogP contribution is 2.32. The van der Waals surface area contributed by atoms with Crippen LogP contribution in [-0.2, 0) is 5.41 Å². The Labute approximate surface area is 141 Å². The fourth-order valence-corrected chi connectivity index (χ4v) is 2.34. The van der Waals surface area contributed by atoms with E-state index < -0.39 is 0 Å². The highest BCUT2D eigenvalue weighted by molar-refractivity contribution is 5.95. The van der Waals surface area contributed by atoms with E-state index in [1.54, 1.807) is 24.4 Å². The summed E-state index contributed by atoms with van der Waals surface area (Å²) in [4.78, 5) is 12.1. The van der Waals surface area contributed by atoms with Crippen LogP contribution in [0.15, 0.2) is 47.6 Å². The Hall–Kier alpha value is -2.82. The molecule has 0 saturated heterocycles. The smallest absolute Gasteiger partial charge is 0.271 e. The predicted octanol–water partition coefficient (Wildman–Crippen LogP) is 3.48. The van der Waals surface area contributed by atoms with Crippen molar-refractivity contribution in [3.8, 4) is 11.5 Å². The molecule has 0 aromatic heterocycles. The van der Waals surface area contributed by atoms with Gasteiger partial charge in [-0.1, -0.05) is 45.0 Å². The molecule has 3 rings (SSSR count). The standard InChI is InChI=1S/C19H20N2O3/c1-19(2,3)15-7-4-13(5-8-15)11-20-21-18(22)14-6-9-16-17(10-14)24-12-23-16/h4-11H,12H2,1-3H3,(H,21,22)/b20-11-. The van der Waals surface area contributed by atoms with Crippen LogP contribution < -0.4 is 14.9 Å². The molecular formula is C19H20N2O3. The zero-order chi connectivity index (χ0) is 17.2.